The van der Waals surface area contributed by atoms with Crippen LogP contribution in [0.15, 0.2) is 30.5 Å². The Morgan fingerprint density at radius 1 is 1.25 bits per heavy atom. The molecule has 0 bridgehead atoms. The van der Waals surface area contributed by atoms with Gasteiger partial charge in [-0.05, 0) is 37.1 Å². The van der Waals surface area contributed by atoms with Gasteiger partial charge >= 0.3 is 0 Å². The van der Waals surface area contributed by atoms with E-state index >= 15 is 0 Å². The largest absolute Gasteiger partial charge is 0.361 e. The summed E-state index contributed by atoms with van der Waals surface area (Å²) in [5.74, 6) is 0. The highest BCUT2D eigenvalue weighted by Gasteiger charge is 2.11. The van der Waals surface area contributed by atoms with Crippen molar-refractivity contribution in [3.05, 3.63) is 41.6 Å². The van der Waals surface area contributed by atoms with E-state index in [1.54, 1.807) is 0 Å². The quantitative estimate of drug-likeness (QED) is 0.747. The standard InChI is InChI=1S/C14H16N2/c1-10-3-2-4-13-14(10)12(9-16-13)11-5-7-15-8-6-11/h2-5,9,15-16H,6-8H2,1H3. The van der Waals surface area contributed by atoms with Crippen LogP contribution in [-0.4, -0.2) is 18.1 Å². The molecule has 0 amide bonds. The molecule has 16 heavy (non-hydrogen) atoms. The van der Waals surface area contributed by atoms with Gasteiger partial charge in [0.2, 0.25) is 0 Å². The highest BCUT2D eigenvalue weighted by molar-refractivity contribution is 5.95. The summed E-state index contributed by atoms with van der Waals surface area (Å²) < 4.78 is 0. The van der Waals surface area contributed by atoms with Crippen molar-refractivity contribution in [3.8, 4) is 0 Å². The number of H-pyrrole nitrogens is 1. The van der Waals surface area contributed by atoms with Crippen LogP contribution in [0.2, 0.25) is 0 Å². The van der Waals surface area contributed by atoms with Crippen molar-refractivity contribution in [2.45, 2.75) is 13.3 Å². The Hall–Kier alpha value is -1.54. The molecule has 0 atom stereocenters. The van der Waals surface area contributed by atoms with E-state index in [2.05, 4.69) is 47.7 Å². The van der Waals surface area contributed by atoms with Crippen LogP contribution in [0.4, 0.5) is 0 Å². The maximum atomic E-state index is 3.37. The van der Waals surface area contributed by atoms with E-state index in [0.29, 0.717) is 0 Å². The first-order valence-electron chi connectivity index (χ1n) is 5.83. The minimum Gasteiger partial charge on any atom is -0.361 e. The average Bonchev–Trinajstić information content (AvgIpc) is 2.75. The number of aromatic amines is 1. The molecule has 1 aromatic carbocycles. The SMILES string of the molecule is Cc1cccc2[nH]cc(C3=CCNCC3)c12. The second-order valence-corrected chi connectivity index (χ2v) is 4.38. The molecule has 0 aliphatic carbocycles. The zero-order valence-corrected chi connectivity index (χ0v) is 9.51. The summed E-state index contributed by atoms with van der Waals surface area (Å²) in [6.07, 6.45) is 5.58. The number of fused-ring (bicyclic) bond motifs is 1. The molecule has 2 nitrogen and oxygen atoms in total. The Kier molecular flexibility index (Phi) is 2.29. The van der Waals surface area contributed by atoms with Crippen molar-refractivity contribution in [1.82, 2.24) is 10.3 Å². The number of aryl methyl sites for hydroxylation is 1. The number of hydrogen-bond acceptors (Lipinski definition) is 1. The Labute approximate surface area is 95.4 Å². The van der Waals surface area contributed by atoms with E-state index in [1.165, 1.54) is 27.6 Å². The van der Waals surface area contributed by atoms with Crippen LogP contribution >= 0.6 is 0 Å². The molecule has 1 aromatic heterocycles. The lowest BCUT2D eigenvalue weighted by Gasteiger charge is -2.13. The van der Waals surface area contributed by atoms with Gasteiger partial charge in [-0.25, -0.2) is 0 Å². The first-order chi connectivity index (χ1) is 7.86. The van der Waals surface area contributed by atoms with Crippen LogP contribution in [0.1, 0.15) is 17.5 Å². The molecular formula is C14H16N2. The first kappa shape index (κ1) is 9.67. The summed E-state index contributed by atoms with van der Waals surface area (Å²) in [7, 11) is 0. The molecule has 0 spiro atoms. The van der Waals surface area contributed by atoms with Crippen molar-refractivity contribution < 1.29 is 0 Å². The molecule has 0 radical (unpaired) electrons. The minimum absolute atomic E-state index is 0.994. The Morgan fingerprint density at radius 2 is 2.19 bits per heavy atom. The lowest BCUT2D eigenvalue weighted by Crippen LogP contribution is -2.19. The zero-order chi connectivity index (χ0) is 11.0. The molecule has 2 N–H and O–H groups in total. The van der Waals surface area contributed by atoms with Crippen LogP contribution in [0.5, 0.6) is 0 Å². The normalized spacial score (nSPS) is 16.4. The van der Waals surface area contributed by atoms with Gasteiger partial charge in [-0.15, -0.1) is 0 Å². The van der Waals surface area contributed by atoms with Gasteiger partial charge in [0.1, 0.15) is 0 Å². The van der Waals surface area contributed by atoms with E-state index < -0.39 is 0 Å². The number of hydrogen-bond donors (Lipinski definition) is 2. The van der Waals surface area contributed by atoms with Crippen molar-refractivity contribution in [2.75, 3.05) is 13.1 Å². The summed E-state index contributed by atoms with van der Waals surface area (Å²) in [6, 6.07) is 6.43. The van der Waals surface area contributed by atoms with Crippen molar-refractivity contribution >= 4 is 16.5 Å². The molecule has 0 saturated carbocycles. The summed E-state index contributed by atoms with van der Waals surface area (Å²) in [5.41, 5.74) is 5.46. The van der Waals surface area contributed by atoms with Gasteiger partial charge in [-0.3, -0.25) is 0 Å². The minimum atomic E-state index is 0.994. The van der Waals surface area contributed by atoms with Gasteiger partial charge in [-0.1, -0.05) is 18.2 Å². The lowest BCUT2D eigenvalue weighted by molar-refractivity contribution is 0.739. The molecule has 1 aliphatic heterocycles. The smallest absolute Gasteiger partial charge is 0.0462 e. The molecule has 0 unspecified atom stereocenters. The van der Waals surface area contributed by atoms with E-state index in [0.717, 1.165) is 19.5 Å². The Morgan fingerprint density at radius 3 is 3.00 bits per heavy atom. The fourth-order valence-corrected chi connectivity index (χ4v) is 2.49. The van der Waals surface area contributed by atoms with Gasteiger partial charge in [0, 0.05) is 29.2 Å². The maximum absolute atomic E-state index is 3.37. The third-order valence-electron chi connectivity index (χ3n) is 3.32. The monoisotopic (exact) mass is 212 g/mol. The van der Waals surface area contributed by atoms with Crippen LogP contribution in [0.25, 0.3) is 16.5 Å². The third-order valence-corrected chi connectivity index (χ3v) is 3.32. The molecule has 0 fully saturated rings. The topological polar surface area (TPSA) is 27.8 Å². The van der Waals surface area contributed by atoms with Gasteiger partial charge in [0.15, 0.2) is 0 Å². The number of nitrogens with one attached hydrogen (secondary N) is 2. The highest BCUT2D eigenvalue weighted by atomic mass is 14.8. The van der Waals surface area contributed by atoms with Gasteiger partial charge in [-0.2, -0.15) is 0 Å². The second-order valence-electron chi connectivity index (χ2n) is 4.38. The number of benzene rings is 1. The zero-order valence-electron chi connectivity index (χ0n) is 9.51. The van der Waals surface area contributed by atoms with Crippen LogP contribution < -0.4 is 5.32 Å². The second kappa shape index (κ2) is 3.80. The molecule has 0 saturated heterocycles. The molecule has 2 aromatic rings. The van der Waals surface area contributed by atoms with Gasteiger partial charge < -0.3 is 10.3 Å². The van der Waals surface area contributed by atoms with Crippen molar-refractivity contribution in [3.63, 3.8) is 0 Å². The molecular weight excluding hydrogens is 196 g/mol. The predicted molar refractivity (Wildman–Crippen MR) is 68.5 cm³/mol. The van der Waals surface area contributed by atoms with E-state index in [4.69, 9.17) is 0 Å². The number of rotatable bonds is 1. The Bertz CT molecular complexity index is 549. The summed E-state index contributed by atoms with van der Waals surface area (Å²) >= 11 is 0. The fraction of sp³-hybridized carbons (Fsp3) is 0.286. The van der Waals surface area contributed by atoms with E-state index in [9.17, 15) is 0 Å². The number of aromatic nitrogens is 1. The van der Waals surface area contributed by atoms with Crippen LogP contribution in [0, 0.1) is 6.92 Å². The Balaban J connectivity index is 2.20. The molecule has 2 heterocycles. The summed E-state index contributed by atoms with van der Waals surface area (Å²) in [5, 5.41) is 4.74. The molecule has 2 heteroatoms. The van der Waals surface area contributed by atoms with Gasteiger partial charge in [0.25, 0.3) is 0 Å². The third kappa shape index (κ3) is 1.46. The average molecular weight is 212 g/mol. The van der Waals surface area contributed by atoms with Crippen LogP contribution in [-0.2, 0) is 0 Å². The molecule has 82 valence electrons. The summed E-state index contributed by atoms with van der Waals surface area (Å²) in [4.78, 5) is 3.37. The predicted octanol–water partition coefficient (Wildman–Crippen LogP) is 2.85. The van der Waals surface area contributed by atoms with Crippen molar-refractivity contribution in [1.29, 1.82) is 0 Å². The lowest BCUT2D eigenvalue weighted by atomic mass is 9.97. The van der Waals surface area contributed by atoms with Crippen molar-refractivity contribution in [2.24, 2.45) is 0 Å². The van der Waals surface area contributed by atoms with Gasteiger partial charge in [0.05, 0.1) is 0 Å². The molecule has 3 rings (SSSR count). The van der Waals surface area contributed by atoms with Crippen LogP contribution in [0.3, 0.4) is 0 Å². The first-order valence-corrected chi connectivity index (χ1v) is 5.83. The van der Waals surface area contributed by atoms with E-state index in [1.807, 2.05) is 0 Å². The molecule has 1 aliphatic rings. The summed E-state index contributed by atoms with van der Waals surface area (Å²) in [6.45, 7) is 4.26. The maximum Gasteiger partial charge on any atom is 0.0462 e. The highest BCUT2D eigenvalue weighted by Crippen LogP contribution is 2.29. The van der Waals surface area contributed by atoms with E-state index in [-0.39, 0.29) is 0 Å². The fourth-order valence-electron chi connectivity index (χ4n) is 2.49.